The van der Waals surface area contributed by atoms with Gasteiger partial charge in [0.25, 0.3) is 5.91 Å². The van der Waals surface area contributed by atoms with E-state index in [9.17, 15) is 4.79 Å². The Morgan fingerprint density at radius 2 is 1.80 bits per heavy atom. The largest absolute Gasteiger partial charge is 0.331 e. The highest BCUT2D eigenvalue weighted by Gasteiger charge is 2.39. The molecule has 3 nitrogen and oxygen atoms in total. The van der Waals surface area contributed by atoms with Crippen LogP contribution in [0.1, 0.15) is 62.4 Å². The number of aromatic nitrogens is 1. The van der Waals surface area contributed by atoms with Crippen LogP contribution in [0.2, 0.25) is 0 Å². The molecule has 2 saturated carbocycles. The highest BCUT2D eigenvalue weighted by atomic mass is 16.2. The van der Waals surface area contributed by atoms with Crippen LogP contribution in [0.4, 0.5) is 0 Å². The van der Waals surface area contributed by atoms with E-state index in [1.807, 2.05) is 18.2 Å². The van der Waals surface area contributed by atoms with Crippen molar-refractivity contribution in [2.75, 3.05) is 0 Å². The highest BCUT2D eigenvalue weighted by molar-refractivity contribution is 5.92. The van der Waals surface area contributed by atoms with Crippen LogP contribution in [0.25, 0.3) is 0 Å². The summed E-state index contributed by atoms with van der Waals surface area (Å²) in [4.78, 5) is 19.1. The second kappa shape index (κ2) is 5.94. The lowest BCUT2D eigenvalue weighted by atomic mass is 9.83. The summed E-state index contributed by atoms with van der Waals surface area (Å²) < 4.78 is 0. The van der Waals surface area contributed by atoms with E-state index < -0.39 is 0 Å². The molecule has 2 fully saturated rings. The van der Waals surface area contributed by atoms with Gasteiger partial charge in [0.05, 0.1) is 0 Å². The van der Waals surface area contributed by atoms with E-state index in [0.29, 0.717) is 17.8 Å². The molecular formula is C17H24N2O. The van der Waals surface area contributed by atoms with Gasteiger partial charge >= 0.3 is 0 Å². The van der Waals surface area contributed by atoms with E-state index >= 15 is 0 Å². The van der Waals surface area contributed by atoms with Gasteiger partial charge in [0.1, 0.15) is 5.69 Å². The van der Waals surface area contributed by atoms with Crippen LogP contribution in [0.5, 0.6) is 0 Å². The smallest absolute Gasteiger partial charge is 0.272 e. The van der Waals surface area contributed by atoms with Crippen LogP contribution < -0.4 is 0 Å². The minimum Gasteiger partial charge on any atom is -0.331 e. The monoisotopic (exact) mass is 272 g/mol. The van der Waals surface area contributed by atoms with E-state index in [1.54, 1.807) is 6.20 Å². The van der Waals surface area contributed by atoms with Crippen LogP contribution in [0.15, 0.2) is 24.4 Å². The van der Waals surface area contributed by atoms with Crippen molar-refractivity contribution in [2.45, 2.75) is 64.0 Å². The maximum Gasteiger partial charge on any atom is 0.272 e. The van der Waals surface area contributed by atoms with Gasteiger partial charge in [0, 0.05) is 18.3 Å². The van der Waals surface area contributed by atoms with E-state index in [2.05, 4.69) is 16.8 Å². The zero-order valence-electron chi connectivity index (χ0n) is 12.3. The van der Waals surface area contributed by atoms with Gasteiger partial charge in [-0.1, -0.05) is 19.4 Å². The van der Waals surface area contributed by atoms with Gasteiger partial charge in [-0.3, -0.25) is 9.78 Å². The third kappa shape index (κ3) is 2.87. The fraction of sp³-hybridized carbons (Fsp3) is 0.647. The molecule has 2 aliphatic carbocycles. The molecule has 2 aliphatic rings. The van der Waals surface area contributed by atoms with Crippen molar-refractivity contribution in [1.29, 1.82) is 0 Å². The topological polar surface area (TPSA) is 33.2 Å². The summed E-state index contributed by atoms with van der Waals surface area (Å²) >= 11 is 0. The Kier molecular flexibility index (Phi) is 4.04. The van der Waals surface area contributed by atoms with Crippen LogP contribution in [-0.2, 0) is 0 Å². The molecule has 0 radical (unpaired) electrons. The summed E-state index contributed by atoms with van der Waals surface area (Å²) in [5, 5.41) is 0. The lowest BCUT2D eigenvalue weighted by molar-refractivity contribution is 0.0581. The zero-order chi connectivity index (χ0) is 13.9. The third-order valence-electron chi connectivity index (χ3n) is 4.85. The first kappa shape index (κ1) is 13.6. The first-order valence-corrected chi connectivity index (χ1v) is 8.03. The number of hydrogen-bond acceptors (Lipinski definition) is 2. The Labute approximate surface area is 121 Å². The number of amides is 1. The number of pyridine rings is 1. The predicted octanol–water partition coefficient (Wildman–Crippen LogP) is 3.66. The number of carbonyl (C=O) groups is 1. The Balaban J connectivity index is 1.72. The van der Waals surface area contributed by atoms with Gasteiger partial charge in [-0.05, 0) is 56.6 Å². The van der Waals surface area contributed by atoms with Gasteiger partial charge in [0.2, 0.25) is 0 Å². The van der Waals surface area contributed by atoms with Crippen molar-refractivity contribution in [1.82, 2.24) is 9.88 Å². The maximum absolute atomic E-state index is 12.7. The molecule has 1 aromatic rings. The molecule has 1 aromatic heterocycles. The number of nitrogens with zero attached hydrogens (tertiary/aromatic N) is 2. The van der Waals surface area contributed by atoms with E-state index in [4.69, 9.17) is 0 Å². The average Bonchev–Trinajstić information content (AvgIpc) is 3.34. The number of rotatable bonds is 4. The molecule has 1 amide bonds. The van der Waals surface area contributed by atoms with Crippen molar-refractivity contribution < 1.29 is 4.79 Å². The standard InChI is InChI=1S/C17H24N2O/c1-2-13-6-8-14(9-7-13)19(15-10-11-15)17(20)16-5-3-4-12-18-16/h3-5,12-15H,2,6-11H2,1H3. The first-order valence-electron chi connectivity index (χ1n) is 8.03. The maximum atomic E-state index is 12.7. The number of hydrogen-bond donors (Lipinski definition) is 0. The van der Waals surface area contributed by atoms with Crippen LogP contribution in [-0.4, -0.2) is 27.9 Å². The molecule has 3 heteroatoms. The molecular weight excluding hydrogens is 248 g/mol. The summed E-state index contributed by atoms with van der Waals surface area (Å²) in [5.74, 6) is 1.02. The Bertz CT molecular complexity index is 447. The molecule has 0 atom stereocenters. The van der Waals surface area contributed by atoms with Gasteiger partial charge in [0.15, 0.2) is 0 Å². The molecule has 0 aromatic carbocycles. The molecule has 0 unspecified atom stereocenters. The molecule has 0 spiro atoms. The Morgan fingerprint density at radius 3 is 2.30 bits per heavy atom. The normalized spacial score (nSPS) is 26.2. The molecule has 0 N–H and O–H groups in total. The molecule has 3 rings (SSSR count). The van der Waals surface area contributed by atoms with Crippen molar-refractivity contribution in [3.63, 3.8) is 0 Å². The Hall–Kier alpha value is -1.38. The third-order valence-corrected chi connectivity index (χ3v) is 4.85. The van der Waals surface area contributed by atoms with Gasteiger partial charge < -0.3 is 4.90 Å². The fourth-order valence-electron chi connectivity index (χ4n) is 3.44. The van der Waals surface area contributed by atoms with Crippen molar-refractivity contribution in [3.8, 4) is 0 Å². The fourth-order valence-corrected chi connectivity index (χ4v) is 3.44. The molecule has 1 heterocycles. The van der Waals surface area contributed by atoms with Crippen LogP contribution in [0, 0.1) is 5.92 Å². The summed E-state index contributed by atoms with van der Waals surface area (Å²) in [6.07, 6.45) is 10.2. The molecule has 0 bridgehead atoms. The average molecular weight is 272 g/mol. The van der Waals surface area contributed by atoms with Crippen LogP contribution in [0.3, 0.4) is 0 Å². The minimum atomic E-state index is 0.146. The molecule has 108 valence electrons. The van der Waals surface area contributed by atoms with Crippen molar-refractivity contribution in [3.05, 3.63) is 30.1 Å². The summed E-state index contributed by atoms with van der Waals surface area (Å²) in [6, 6.07) is 6.53. The summed E-state index contributed by atoms with van der Waals surface area (Å²) in [6.45, 7) is 2.28. The zero-order valence-corrected chi connectivity index (χ0v) is 12.3. The highest BCUT2D eigenvalue weighted by Crippen LogP contribution is 2.36. The van der Waals surface area contributed by atoms with E-state index in [0.717, 1.165) is 5.92 Å². The quantitative estimate of drug-likeness (QED) is 0.838. The SMILES string of the molecule is CCC1CCC(N(C(=O)c2ccccn2)C2CC2)CC1. The van der Waals surface area contributed by atoms with Gasteiger partial charge in [-0.15, -0.1) is 0 Å². The summed E-state index contributed by atoms with van der Waals surface area (Å²) in [5.41, 5.74) is 0.608. The van der Waals surface area contributed by atoms with E-state index in [-0.39, 0.29) is 5.91 Å². The van der Waals surface area contributed by atoms with Gasteiger partial charge in [-0.25, -0.2) is 0 Å². The number of carbonyl (C=O) groups excluding carboxylic acids is 1. The van der Waals surface area contributed by atoms with Crippen molar-refractivity contribution >= 4 is 5.91 Å². The van der Waals surface area contributed by atoms with Gasteiger partial charge in [-0.2, -0.15) is 0 Å². The van der Waals surface area contributed by atoms with Crippen molar-refractivity contribution in [2.24, 2.45) is 5.92 Å². The minimum absolute atomic E-state index is 0.146. The van der Waals surface area contributed by atoms with Crippen LogP contribution >= 0.6 is 0 Å². The molecule has 0 aliphatic heterocycles. The summed E-state index contributed by atoms with van der Waals surface area (Å²) in [7, 11) is 0. The second-order valence-electron chi connectivity index (χ2n) is 6.24. The Morgan fingerprint density at radius 1 is 1.15 bits per heavy atom. The molecule has 20 heavy (non-hydrogen) atoms. The van der Waals surface area contributed by atoms with E-state index in [1.165, 1.54) is 44.9 Å². The predicted molar refractivity (Wildman–Crippen MR) is 79.5 cm³/mol. The second-order valence-corrected chi connectivity index (χ2v) is 6.24. The first-order chi connectivity index (χ1) is 9.79. The lowest BCUT2D eigenvalue weighted by Gasteiger charge is -2.37. The lowest BCUT2D eigenvalue weighted by Crippen LogP contribution is -2.44. The molecule has 0 saturated heterocycles.